The SMILES string of the molecule is CCc1cc2c(N3CCC(=O)N(C)CC3)ncnc2s1. The summed E-state index contributed by atoms with van der Waals surface area (Å²) in [5.41, 5.74) is 0. The maximum atomic E-state index is 11.8. The highest BCUT2D eigenvalue weighted by Gasteiger charge is 2.21. The van der Waals surface area contributed by atoms with Gasteiger partial charge in [0.2, 0.25) is 5.91 Å². The van der Waals surface area contributed by atoms with E-state index in [-0.39, 0.29) is 5.91 Å². The van der Waals surface area contributed by atoms with Gasteiger partial charge in [0.15, 0.2) is 0 Å². The molecule has 0 bridgehead atoms. The molecule has 0 saturated carbocycles. The van der Waals surface area contributed by atoms with Crippen LogP contribution in [0.25, 0.3) is 10.2 Å². The molecule has 2 aromatic heterocycles. The lowest BCUT2D eigenvalue weighted by atomic mass is 10.3. The molecule has 0 N–H and O–H groups in total. The molecule has 0 aromatic carbocycles. The fraction of sp³-hybridized carbons (Fsp3) is 0.500. The Bertz CT molecular complexity index is 639. The summed E-state index contributed by atoms with van der Waals surface area (Å²) in [6.45, 7) is 4.45. The molecule has 0 spiro atoms. The third-order valence-electron chi connectivity index (χ3n) is 3.73. The van der Waals surface area contributed by atoms with Crippen molar-refractivity contribution in [2.24, 2.45) is 0 Å². The van der Waals surface area contributed by atoms with Gasteiger partial charge in [-0.1, -0.05) is 6.92 Å². The van der Waals surface area contributed by atoms with Crippen LogP contribution in [0.5, 0.6) is 0 Å². The number of amides is 1. The van der Waals surface area contributed by atoms with Crippen molar-refractivity contribution in [3.05, 3.63) is 17.3 Å². The van der Waals surface area contributed by atoms with Crippen LogP contribution >= 0.6 is 11.3 Å². The van der Waals surface area contributed by atoms with Crippen LogP contribution in [0, 0.1) is 0 Å². The van der Waals surface area contributed by atoms with E-state index in [0.29, 0.717) is 6.42 Å². The number of likely N-dealkylation sites (N-methyl/N-ethyl adjacent to an activating group) is 1. The Morgan fingerprint density at radius 1 is 1.30 bits per heavy atom. The molecular formula is C14H18N4OS. The number of aryl methyl sites for hydroxylation is 1. The Morgan fingerprint density at radius 2 is 2.15 bits per heavy atom. The monoisotopic (exact) mass is 290 g/mol. The largest absolute Gasteiger partial charge is 0.354 e. The Balaban J connectivity index is 1.97. The maximum absolute atomic E-state index is 11.8. The van der Waals surface area contributed by atoms with Crippen molar-refractivity contribution in [3.63, 3.8) is 0 Å². The number of nitrogens with zero attached hydrogens (tertiary/aromatic N) is 4. The van der Waals surface area contributed by atoms with Crippen LogP contribution in [0.4, 0.5) is 5.82 Å². The number of thiophene rings is 1. The average Bonchev–Trinajstić information content (AvgIpc) is 2.82. The molecule has 2 aromatic rings. The first-order chi connectivity index (χ1) is 9.69. The molecule has 1 saturated heterocycles. The molecule has 5 nitrogen and oxygen atoms in total. The van der Waals surface area contributed by atoms with E-state index in [1.165, 1.54) is 4.88 Å². The lowest BCUT2D eigenvalue weighted by Crippen LogP contribution is -2.30. The van der Waals surface area contributed by atoms with Gasteiger partial charge >= 0.3 is 0 Å². The molecule has 0 radical (unpaired) electrons. The van der Waals surface area contributed by atoms with E-state index in [1.54, 1.807) is 22.6 Å². The van der Waals surface area contributed by atoms with Gasteiger partial charge in [0.05, 0.1) is 5.39 Å². The zero-order valence-corrected chi connectivity index (χ0v) is 12.6. The molecule has 1 aliphatic rings. The van der Waals surface area contributed by atoms with Gasteiger partial charge in [-0.05, 0) is 12.5 Å². The van der Waals surface area contributed by atoms with E-state index in [1.807, 2.05) is 7.05 Å². The summed E-state index contributed by atoms with van der Waals surface area (Å²) in [5.74, 6) is 1.17. The number of fused-ring (bicyclic) bond motifs is 1. The molecule has 1 amide bonds. The third-order valence-corrected chi connectivity index (χ3v) is 4.92. The van der Waals surface area contributed by atoms with E-state index < -0.39 is 0 Å². The minimum Gasteiger partial charge on any atom is -0.354 e. The smallest absolute Gasteiger partial charge is 0.224 e. The number of aromatic nitrogens is 2. The van der Waals surface area contributed by atoms with Crippen LogP contribution in [-0.2, 0) is 11.2 Å². The van der Waals surface area contributed by atoms with E-state index in [2.05, 4.69) is 27.9 Å². The van der Waals surface area contributed by atoms with Gasteiger partial charge in [0, 0.05) is 38.0 Å². The van der Waals surface area contributed by atoms with E-state index in [4.69, 9.17) is 0 Å². The Hall–Kier alpha value is -1.69. The Labute approximate surface area is 122 Å². The van der Waals surface area contributed by atoms with Gasteiger partial charge in [-0.25, -0.2) is 9.97 Å². The standard InChI is InChI=1S/C14H18N4OS/c1-3-10-8-11-13(15-9-16-14(11)20-10)18-5-4-12(19)17(2)6-7-18/h8-9H,3-7H2,1-2H3. The zero-order chi connectivity index (χ0) is 14.1. The second-order valence-corrected chi connectivity index (χ2v) is 6.15. The Kier molecular flexibility index (Phi) is 3.56. The minimum atomic E-state index is 0.206. The first kappa shape index (κ1) is 13.3. The quantitative estimate of drug-likeness (QED) is 0.848. The van der Waals surface area contributed by atoms with Crippen molar-refractivity contribution in [3.8, 4) is 0 Å². The summed E-state index contributed by atoms with van der Waals surface area (Å²) in [4.78, 5) is 27.0. The van der Waals surface area contributed by atoms with Crippen molar-refractivity contribution in [2.75, 3.05) is 31.6 Å². The minimum absolute atomic E-state index is 0.206. The van der Waals surface area contributed by atoms with Crippen molar-refractivity contribution in [1.82, 2.24) is 14.9 Å². The first-order valence-corrected chi connectivity index (χ1v) is 7.73. The summed E-state index contributed by atoms with van der Waals surface area (Å²) in [5, 5.41) is 1.12. The van der Waals surface area contributed by atoms with Gasteiger partial charge in [-0.2, -0.15) is 0 Å². The summed E-state index contributed by atoms with van der Waals surface area (Å²) in [6, 6.07) is 2.19. The lowest BCUT2D eigenvalue weighted by Gasteiger charge is -2.21. The van der Waals surface area contributed by atoms with Crippen LogP contribution in [0.15, 0.2) is 12.4 Å². The molecule has 0 atom stereocenters. The van der Waals surface area contributed by atoms with Crippen LogP contribution in [0.3, 0.4) is 0 Å². The fourth-order valence-corrected chi connectivity index (χ4v) is 3.39. The topological polar surface area (TPSA) is 49.3 Å². The number of rotatable bonds is 2. The fourth-order valence-electron chi connectivity index (χ4n) is 2.46. The van der Waals surface area contributed by atoms with Crippen LogP contribution in [0.2, 0.25) is 0 Å². The summed E-state index contributed by atoms with van der Waals surface area (Å²) >= 11 is 1.73. The summed E-state index contributed by atoms with van der Waals surface area (Å²) in [7, 11) is 1.86. The molecule has 0 aliphatic carbocycles. The van der Waals surface area contributed by atoms with Gasteiger partial charge in [-0.3, -0.25) is 4.79 Å². The number of hydrogen-bond donors (Lipinski definition) is 0. The number of carbonyl (C=O) groups excluding carboxylic acids is 1. The molecule has 0 unspecified atom stereocenters. The van der Waals surface area contributed by atoms with E-state index in [9.17, 15) is 4.79 Å². The van der Waals surface area contributed by atoms with Crippen LogP contribution < -0.4 is 4.90 Å². The summed E-state index contributed by atoms with van der Waals surface area (Å²) in [6.07, 6.45) is 3.19. The zero-order valence-electron chi connectivity index (χ0n) is 11.8. The van der Waals surface area contributed by atoms with E-state index in [0.717, 1.165) is 42.1 Å². The van der Waals surface area contributed by atoms with Crippen molar-refractivity contribution in [1.29, 1.82) is 0 Å². The van der Waals surface area contributed by atoms with Crippen molar-refractivity contribution in [2.45, 2.75) is 19.8 Å². The van der Waals surface area contributed by atoms with E-state index >= 15 is 0 Å². The van der Waals surface area contributed by atoms with Crippen molar-refractivity contribution < 1.29 is 4.79 Å². The molecule has 1 fully saturated rings. The summed E-state index contributed by atoms with van der Waals surface area (Å²) < 4.78 is 0. The third kappa shape index (κ3) is 2.35. The molecule has 1 aliphatic heterocycles. The van der Waals surface area contributed by atoms with Gasteiger partial charge < -0.3 is 9.80 Å². The lowest BCUT2D eigenvalue weighted by molar-refractivity contribution is -0.129. The van der Waals surface area contributed by atoms with Crippen LogP contribution in [-0.4, -0.2) is 47.5 Å². The molecule has 6 heteroatoms. The molecule has 106 valence electrons. The molecule has 20 heavy (non-hydrogen) atoms. The maximum Gasteiger partial charge on any atom is 0.224 e. The second kappa shape index (κ2) is 5.36. The van der Waals surface area contributed by atoms with Gasteiger partial charge in [0.1, 0.15) is 17.0 Å². The van der Waals surface area contributed by atoms with Crippen LogP contribution in [0.1, 0.15) is 18.2 Å². The predicted molar refractivity (Wildman–Crippen MR) is 81.3 cm³/mol. The van der Waals surface area contributed by atoms with Gasteiger partial charge in [-0.15, -0.1) is 11.3 Å². The normalized spacial score (nSPS) is 16.8. The average molecular weight is 290 g/mol. The number of carbonyl (C=O) groups is 1. The second-order valence-electron chi connectivity index (χ2n) is 5.03. The predicted octanol–water partition coefficient (Wildman–Crippen LogP) is 1.92. The molecule has 3 rings (SSSR count). The Morgan fingerprint density at radius 3 is 2.95 bits per heavy atom. The molecule has 3 heterocycles. The highest BCUT2D eigenvalue weighted by Crippen LogP contribution is 2.30. The first-order valence-electron chi connectivity index (χ1n) is 6.91. The number of anilines is 1. The molecular weight excluding hydrogens is 272 g/mol. The highest BCUT2D eigenvalue weighted by molar-refractivity contribution is 7.18. The van der Waals surface area contributed by atoms with Crippen molar-refractivity contribution >= 4 is 33.3 Å². The highest BCUT2D eigenvalue weighted by atomic mass is 32.1. The number of hydrogen-bond acceptors (Lipinski definition) is 5. The van der Waals surface area contributed by atoms with Gasteiger partial charge in [0.25, 0.3) is 0 Å².